The van der Waals surface area contributed by atoms with Crippen molar-refractivity contribution in [1.29, 1.82) is 0 Å². The summed E-state index contributed by atoms with van der Waals surface area (Å²) in [5.41, 5.74) is -0.278. The van der Waals surface area contributed by atoms with Crippen molar-refractivity contribution in [2.45, 2.75) is 38.3 Å². The summed E-state index contributed by atoms with van der Waals surface area (Å²) in [6, 6.07) is 3.60. The number of carbonyl (C=O) groups is 2. The molecule has 3 N–H and O–H groups in total. The van der Waals surface area contributed by atoms with Crippen molar-refractivity contribution in [2.75, 3.05) is 6.61 Å². The molecule has 1 saturated carbocycles. The van der Waals surface area contributed by atoms with E-state index in [2.05, 4.69) is 20.6 Å². The molecule has 0 aliphatic heterocycles. The van der Waals surface area contributed by atoms with Crippen molar-refractivity contribution in [3.63, 3.8) is 0 Å². The lowest BCUT2D eigenvalue weighted by molar-refractivity contribution is -0.124. The lowest BCUT2D eigenvalue weighted by atomic mass is 10.0. The Morgan fingerprint density at radius 2 is 2.06 bits per heavy atom. The molecule has 1 aromatic carbocycles. The Kier molecular flexibility index (Phi) is 6.86. The van der Waals surface area contributed by atoms with Gasteiger partial charge in [0.1, 0.15) is 17.1 Å². The van der Waals surface area contributed by atoms with Gasteiger partial charge in [0.15, 0.2) is 0 Å². The first-order valence-electron chi connectivity index (χ1n) is 10.7. The van der Waals surface area contributed by atoms with Crippen LogP contribution in [0.1, 0.15) is 49.0 Å². The molecule has 35 heavy (non-hydrogen) atoms. The number of carbonyl (C=O) groups excluding carboxylic acids is 2. The number of aromatic nitrogens is 2. The van der Waals surface area contributed by atoms with Gasteiger partial charge < -0.3 is 19.8 Å². The first-order chi connectivity index (χ1) is 16.6. The van der Waals surface area contributed by atoms with Crippen LogP contribution in [-0.4, -0.2) is 33.9 Å². The van der Waals surface area contributed by atoms with Crippen LogP contribution in [0.2, 0.25) is 10.0 Å². The molecule has 0 spiro atoms. The molecular weight excluding hydrogens is 502 g/mol. The number of nitrogens with one attached hydrogen (secondary N) is 3. The highest BCUT2D eigenvalue weighted by Crippen LogP contribution is 2.40. The molecule has 2 aromatic heterocycles. The maximum Gasteiger partial charge on any atom is 0.416 e. The molecule has 1 atom stereocenters. The monoisotopic (exact) mass is 522 g/mol. The number of halogens is 3. The number of hydrogen-bond donors (Lipinski definition) is 3. The molecule has 9 nitrogen and oxygen atoms in total. The first-order valence-corrected chi connectivity index (χ1v) is 11.5. The zero-order valence-electron chi connectivity index (χ0n) is 18.7. The summed E-state index contributed by atoms with van der Waals surface area (Å²) >= 11 is 12.4. The van der Waals surface area contributed by atoms with Crippen molar-refractivity contribution >= 4 is 35.0 Å². The van der Waals surface area contributed by atoms with Crippen LogP contribution in [0.4, 0.5) is 4.39 Å². The molecule has 0 bridgehead atoms. The summed E-state index contributed by atoms with van der Waals surface area (Å²) < 4.78 is 25.4. The third kappa shape index (κ3) is 5.18. The fourth-order valence-electron chi connectivity index (χ4n) is 3.59. The molecule has 0 radical (unpaired) electrons. The number of amides is 2. The third-order valence-corrected chi connectivity index (χ3v) is 6.02. The average Bonchev–Trinajstić information content (AvgIpc) is 3.45. The highest BCUT2D eigenvalue weighted by Gasteiger charge is 2.52. The number of ether oxygens (including phenoxy) is 1. The van der Waals surface area contributed by atoms with E-state index in [-0.39, 0.29) is 16.5 Å². The minimum absolute atomic E-state index is 0.00643. The fourth-order valence-corrected chi connectivity index (χ4v) is 4.14. The third-order valence-electron chi connectivity index (χ3n) is 5.52. The molecule has 2 amide bonds. The molecule has 1 aliphatic carbocycles. The summed E-state index contributed by atoms with van der Waals surface area (Å²) in [5, 5.41) is 5.90. The van der Waals surface area contributed by atoms with Crippen molar-refractivity contribution in [2.24, 2.45) is 0 Å². The number of rotatable bonds is 8. The van der Waals surface area contributed by atoms with Crippen LogP contribution in [0, 0.1) is 5.82 Å². The van der Waals surface area contributed by atoms with Gasteiger partial charge in [0.2, 0.25) is 11.7 Å². The van der Waals surface area contributed by atoms with Gasteiger partial charge in [-0.05, 0) is 44.9 Å². The first kappa shape index (κ1) is 24.7. The van der Waals surface area contributed by atoms with Crippen molar-refractivity contribution in [3.05, 3.63) is 68.5 Å². The fraction of sp³-hybridized carbons (Fsp3) is 0.304. The van der Waals surface area contributed by atoms with Gasteiger partial charge in [0.25, 0.3) is 5.91 Å². The van der Waals surface area contributed by atoms with Crippen LogP contribution < -0.4 is 21.1 Å². The predicted molar refractivity (Wildman–Crippen MR) is 126 cm³/mol. The Morgan fingerprint density at radius 1 is 1.31 bits per heavy atom. The molecule has 0 saturated heterocycles. The zero-order chi connectivity index (χ0) is 25.3. The molecule has 4 rings (SSSR count). The van der Waals surface area contributed by atoms with E-state index in [9.17, 15) is 14.4 Å². The Morgan fingerprint density at radius 3 is 2.66 bits per heavy atom. The van der Waals surface area contributed by atoms with E-state index in [1.807, 2.05) is 0 Å². The van der Waals surface area contributed by atoms with Gasteiger partial charge >= 0.3 is 5.76 Å². The second-order valence-electron chi connectivity index (χ2n) is 8.06. The van der Waals surface area contributed by atoms with Crippen molar-refractivity contribution in [1.82, 2.24) is 20.6 Å². The molecule has 3 aromatic rings. The van der Waals surface area contributed by atoms with Crippen LogP contribution in [0.15, 0.2) is 39.8 Å². The molecule has 1 aliphatic rings. The Hall–Kier alpha value is -3.37. The van der Waals surface area contributed by atoms with E-state index < -0.39 is 35.0 Å². The summed E-state index contributed by atoms with van der Waals surface area (Å²) in [6.45, 7) is 3.72. The van der Waals surface area contributed by atoms with Crippen molar-refractivity contribution in [3.8, 4) is 16.9 Å². The maximum atomic E-state index is 15.1. The highest BCUT2D eigenvalue weighted by atomic mass is 35.5. The second-order valence-corrected chi connectivity index (χ2v) is 8.91. The quantitative estimate of drug-likeness (QED) is 0.410. The van der Waals surface area contributed by atoms with Crippen LogP contribution in [0.25, 0.3) is 11.1 Å². The van der Waals surface area contributed by atoms with Gasteiger partial charge in [-0.15, -0.1) is 0 Å². The van der Waals surface area contributed by atoms with Gasteiger partial charge in [0.05, 0.1) is 29.6 Å². The zero-order valence-corrected chi connectivity index (χ0v) is 20.2. The van der Waals surface area contributed by atoms with Crippen LogP contribution in [0.5, 0.6) is 5.75 Å². The number of benzene rings is 1. The largest absolute Gasteiger partial charge is 0.492 e. The van der Waals surface area contributed by atoms with Gasteiger partial charge in [-0.1, -0.05) is 23.2 Å². The number of hydrogen-bond acceptors (Lipinski definition) is 6. The lowest BCUT2D eigenvalue weighted by Gasteiger charge is -2.21. The van der Waals surface area contributed by atoms with Gasteiger partial charge in [-0.25, -0.2) is 9.18 Å². The number of oxazole rings is 1. The van der Waals surface area contributed by atoms with Gasteiger partial charge in [-0.2, -0.15) is 0 Å². The number of pyridine rings is 1. The minimum atomic E-state index is -1.17. The minimum Gasteiger partial charge on any atom is -0.492 e. The summed E-state index contributed by atoms with van der Waals surface area (Å²) in [5.74, 6) is -2.52. The van der Waals surface area contributed by atoms with Gasteiger partial charge in [0, 0.05) is 22.3 Å². The molecule has 12 heteroatoms. The predicted octanol–water partition coefficient (Wildman–Crippen LogP) is 4.01. The SMILES string of the molecule is CCOc1c(Cl)cc(Cl)cc1-c1cnc([C@@H](C)NC(=O)C2(NC(=O)c3c[nH]c(=O)o3)CC2)c(F)c1. The smallest absolute Gasteiger partial charge is 0.416 e. The Balaban J connectivity index is 1.50. The average molecular weight is 523 g/mol. The highest BCUT2D eigenvalue weighted by molar-refractivity contribution is 6.36. The Bertz CT molecular complexity index is 1350. The van der Waals surface area contributed by atoms with Crippen LogP contribution in [0.3, 0.4) is 0 Å². The Labute approximate surface area is 209 Å². The summed E-state index contributed by atoms with van der Waals surface area (Å²) in [7, 11) is 0. The standard InChI is InChI=1S/C23H21Cl2FN4O5/c1-3-34-19-14(7-13(24)8-15(19)25)12-6-16(26)18(27-9-12)11(2)29-21(32)23(4-5-23)30-20(31)17-10-28-22(33)35-17/h6-11H,3-5H2,1-2H3,(H,28,33)(H,29,32)(H,30,31)/t11-/m1/s1. The topological polar surface area (TPSA) is 126 Å². The van der Waals surface area contributed by atoms with Crippen LogP contribution >= 0.6 is 23.2 Å². The van der Waals surface area contributed by atoms with E-state index in [0.717, 1.165) is 6.20 Å². The second kappa shape index (κ2) is 9.71. The molecule has 184 valence electrons. The van der Waals surface area contributed by atoms with E-state index in [0.29, 0.717) is 41.3 Å². The lowest BCUT2D eigenvalue weighted by Crippen LogP contribution is -2.49. The van der Waals surface area contributed by atoms with Crippen LogP contribution in [-0.2, 0) is 4.79 Å². The maximum absolute atomic E-state index is 15.1. The van der Waals surface area contributed by atoms with E-state index in [1.165, 1.54) is 18.3 Å². The van der Waals surface area contributed by atoms with E-state index in [4.69, 9.17) is 32.4 Å². The summed E-state index contributed by atoms with van der Waals surface area (Å²) in [6.07, 6.45) is 3.32. The molecular formula is C23H21Cl2FN4O5. The van der Waals surface area contributed by atoms with E-state index >= 15 is 4.39 Å². The van der Waals surface area contributed by atoms with Gasteiger partial charge in [-0.3, -0.25) is 19.6 Å². The number of H-pyrrole nitrogens is 1. The molecule has 1 fully saturated rings. The molecule has 0 unspecified atom stereocenters. The summed E-state index contributed by atoms with van der Waals surface area (Å²) in [4.78, 5) is 42.7. The van der Waals surface area contributed by atoms with E-state index in [1.54, 1.807) is 19.9 Å². The number of nitrogens with zero attached hydrogens (tertiary/aromatic N) is 1. The van der Waals surface area contributed by atoms with Crippen molar-refractivity contribution < 1.29 is 23.1 Å². The normalized spacial score (nSPS) is 14.8. The number of aromatic amines is 1. The molecule has 2 heterocycles.